The topological polar surface area (TPSA) is 246 Å². The molecule has 0 spiro atoms. The normalized spacial score (nSPS) is 14.9. The molecule has 0 saturated carbocycles. The quantitative estimate of drug-likeness (QED) is 0.0980. The standard InChI is InChI=1S/C32H47N7O8/c1-5-19(4)27(32(46)47)39-29(43)23(11-12-26(40)41)36-31(45)25(15-21-16-34-17-35-21)38-30(44)24(13-18(2)3)37-28(42)22(33)14-20-9-7-6-8-10-20/h6-10,16-19,22-25,27H,5,11-15,33H2,1-4H3,(H,34,35)(H,36,45)(H,37,42)(H,38,44)(H,39,43)(H,40,41)(H,46,47)/t19-,22+,23+,24-,25-,27+/m0/s1. The predicted octanol–water partition coefficient (Wildman–Crippen LogP) is 0.503. The fraction of sp³-hybridized carbons (Fsp3) is 0.531. The molecular formula is C32H47N7O8. The summed E-state index contributed by atoms with van der Waals surface area (Å²) in [5, 5.41) is 29.1. The Balaban J connectivity index is 2.28. The molecule has 0 aliphatic rings. The van der Waals surface area contributed by atoms with E-state index < -0.39 is 78.1 Å². The number of carbonyl (C=O) groups excluding carboxylic acids is 4. The van der Waals surface area contributed by atoms with Crippen LogP contribution in [0, 0.1) is 11.8 Å². The molecule has 1 aromatic carbocycles. The molecule has 6 atom stereocenters. The van der Waals surface area contributed by atoms with Crippen LogP contribution >= 0.6 is 0 Å². The van der Waals surface area contributed by atoms with E-state index >= 15 is 0 Å². The summed E-state index contributed by atoms with van der Waals surface area (Å²) < 4.78 is 0. The van der Waals surface area contributed by atoms with E-state index in [4.69, 9.17) is 5.73 Å². The number of aromatic amines is 1. The van der Waals surface area contributed by atoms with Gasteiger partial charge in [0.1, 0.15) is 24.2 Å². The molecule has 1 aromatic heterocycles. The van der Waals surface area contributed by atoms with Crippen LogP contribution in [-0.4, -0.2) is 86.0 Å². The second kappa shape index (κ2) is 19.0. The predicted molar refractivity (Wildman–Crippen MR) is 172 cm³/mol. The fourth-order valence-electron chi connectivity index (χ4n) is 4.79. The molecule has 9 N–H and O–H groups in total. The third kappa shape index (κ3) is 13.2. The molecule has 0 unspecified atom stereocenters. The Morgan fingerprint density at radius 1 is 0.830 bits per heavy atom. The maximum atomic E-state index is 13.6. The van der Waals surface area contributed by atoms with Crippen molar-refractivity contribution in [2.45, 2.75) is 96.4 Å². The maximum Gasteiger partial charge on any atom is 0.326 e. The number of nitrogens with zero attached hydrogens (tertiary/aromatic N) is 1. The van der Waals surface area contributed by atoms with E-state index in [-0.39, 0.29) is 31.6 Å². The van der Waals surface area contributed by atoms with E-state index in [0.29, 0.717) is 12.1 Å². The number of hydrogen-bond acceptors (Lipinski definition) is 8. The molecule has 0 aliphatic heterocycles. The van der Waals surface area contributed by atoms with Gasteiger partial charge in [0, 0.05) is 24.7 Å². The van der Waals surface area contributed by atoms with Gasteiger partial charge in [0.05, 0.1) is 12.4 Å². The van der Waals surface area contributed by atoms with Gasteiger partial charge in [-0.05, 0) is 36.7 Å². The molecule has 0 bridgehead atoms. The van der Waals surface area contributed by atoms with Crippen LogP contribution in [0.2, 0.25) is 0 Å². The summed E-state index contributed by atoms with van der Waals surface area (Å²) in [4.78, 5) is 83.4. The SMILES string of the molecule is CC[C@H](C)[C@@H](NC(=O)[C@@H](CCC(=O)O)NC(=O)[C@H](Cc1cnc[nH]1)NC(=O)[C@H](CC(C)C)NC(=O)[C@H](N)Cc1ccccc1)C(=O)O. The van der Waals surface area contributed by atoms with Gasteiger partial charge in [0.25, 0.3) is 0 Å². The van der Waals surface area contributed by atoms with Gasteiger partial charge in [-0.2, -0.15) is 0 Å². The van der Waals surface area contributed by atoms with Crippen molar-refractivity contribution in [3.05, 3.63) is 54.1 Å². The number of rotatable bonds is 20. The van der Waals surface area contributed by atoms with Crippen molar-refractivity contribution in [3.8, 4) is 0 Å². The van der Waals surface area contributed by atoms with Gasteiger partial charge in [-0.15, -0.1) is 0 Å². The molecule has 15 heteroatoms. The summed E-state index contributed by atoms with van der Waals surface area (Å²) >= 11 is 0. The summed E-state index contributed by atoms with van der Waals surface area (Å²) in [5.74, 6) is -5.92. The Kier molecular flexibility index (Phi) is 15.5. The number of carboxylic acid groups (broad SMARTS) is 2. The van der Waals surface area contributed by atoms with Crippen molar-refractivity contribution < 1.29 is 39.0 Å². The van der Waals surface area contributed by atoms with Gasteiger partial charge in [-0.3, -0.25) is 24.0 Å². The van der Waals surface area contributed by atoms with Gasteiger partial charge in [0.2, 0.25) is 23.6 Å². The van der Waals surface area contributed by atoms with Crippen molar-refractivity contribution in [1.29, 1.82) is 0 Å². The van der Waals surface area contributed by atoms with Crippen molar-refractivity contribution in [3.63, 3.8) is 0 Å². The Labute approximate surface area is 273 Å². The number of H-pyrrole nitrogens is 1. The van der Waals surface area contributed by atoms with Crippen LogP contribution in [0.25, 0.3) is 0 Å². The molecule has 2 rings (SSSR count). The van der Waals surface area contributed by atoms with E-state index in [1.165, 1.54) is 12.5 Å². The largest absolute Gasteiger partial charge is 0.481 e. The number of nitrogens with one attached hydrogen (secondary N) is 5. The lowest BCUT2D eigenvalue weighted by atomic mass is 9.98. The van der Waals surface area contributed by atoms with Crippen LogP contribution in [0.5, 0.6) is 0 Å². The molecule has 1 heterocycles. The molecular weight excluding hydrogens is 610 g/mol. The number of amides is 4. The van der Waals surface area contributed by atoms with Crippen LogP contribution in [0.15, 0.2) is 42.9 Å². The second-order valence-electron chi connectivity index (χ2n) is 12.0. The summed E-state index contributed by atoms with van der Waals surface area (Å²) in [7, 11) is 0. The zero-order valence-corrected chi connectivity index (χ0v) is 27.2. The van der Waals surface area contributed by atoms with Crippen molar-refractivity contribution in [2.24, 2.45) is 17.6 Å². The lowest BCUT2D eigenvalue weighted by Crippen LogP contribution is -2.59. The van der Waals surface area contributed by atoms with Gasteiger partial charge in [0.15, 0.2) is 0 Å². The molecule has 0 fully saturated rings. The highest BCUT2D eigenvalue weighted by atomic mass is 16.4. The number of imidazole rings is 1. The van der Waals surface area contributed by atoms with Crippen LogP contribution < -0.4 is 27.0 Å². The highest BCUT2D eigenvalue weighted by molar-refractivity contribution is 5.95. The number of nitrogens with two attached hydrogens (primary N) is 1. The number of aromatic nitrogens is 2. The third-order valence-electron chi connectivity index (χ3n) is 7.64. The second-order valence-corrected chi connectivity index (χ2v) is 12.0. The van der Waals surface area contributed by atoms with Crippen LogP contribution in [0.3, 0.4) is 0 Å². The highest BCUT2D eigenvalue weighted by Crippen LogP contribution is 2.11. The minimum atomic E-state index is -1.42. The van der Waals surface area contributed by atoms with Crippen molar-refractivity contribution in [2.75, 3.05) is 0 Å². The van der Waals surface area contributed by atoms with Crippen LogP contribution in [-0.2, 0) is 41.6 Å². The van der Waals surface area contributed by atoms with Crippen molar-refractivity contribution >= 4 is 35.6 Å². The average molecular weight is 658 g/mol. The van der Waals surface area contributed by atoms with Crippen molar-refractivity contribution in [1.82, 2.24) is 31.2 Å². The lowest BCUT2D eigenvalue weighted by molar-refractivity contribution is -0.144. The Bertz CT molecular complexity index is 1340. The lowest BCUT2D eigenvalue weighted by Gasteiger charge is -2.27. The van der Waals surface area contributed by atoms with E-state index in [1.807, 2.05) is 44.2 Å². The summed E-state index contributed by atoms with van der Waals surface area (Å²) in [6, 6.07) is 3.17. The highest BCUT2D eigenvalue weighted by Gasteiger charge is 2.33. The van der Waals surface area contributed by atoms with Crippen LogP contribution in [0.1, 0.15) is 64.6 Å². The average Bonchev–Trinajstić information content (AvgIpc) is 3.53. The summed E-state index contributed by atoms with van der Waals surface area (Å²) in [6.45, 7) is 7.12. The van der Waals surface area contributed by atoms with Gasteiger partial charge < -0.3 is 42.2 Å². The first-order chi connectivity index (χ1) is 22.2. The first-order valence-electron chi connectivity index (χ1n) is 15.6. The Hall–Kier alpha value is -4.79. The van der Waals surface area contributed by atoms with E-state index in [9.17, 15) is 39.0 Å². The molecule has 4 amide bonds. The van der Waals surface area contributed by atoms with E-state index in [1.54, 1.807) is 13.8 Å². The van der Waals surface area contributed by atoms with Crippen LogP contribution in [0.4, 0.5) is 0 Å². The summed E-state index contributed by atoms with van der Waals surface area (Å²) in [5.41, 5.74) is 7.46. The molecule has 0 radical (unpaired) electrons. The molecule has 2 aromatic rings. The molecule has 0 saturated heterocycles. The number of carbonyl (C=O) groups is 6. The molecule has 258 valence electrons. The number of aliphatic carboxylic acids is 2. The molecule has 15 nitrogen and oxygen atoms in total. The minimum absolute atomic E-state index is 0.0342. The zero-order chi connectivity index (χ0) is 35.1. The first kappa shape index (κ1) is 38.4. The number of hydrogen-bond donors (Lipinski definition) is 8. The Morgan fingerprint density at radius 3 is 1.98 bits per heavy atom. The number of carboxylic acids is 2. The zero-order valence-electron chi connectivity index (χ0n) is 27.2. The molecule has 47 heavy (non-hydrogen) atoms. The maximum absolute atomic E-state index is 13.6. The molecule has 0 aliphatic carbocycles. The van der Waals surface area contributed by atoms with E-state index in [2.05, 4.69) is 31.2 Å². The first-order valence-corrected chi connectivity index (χ1v) is 15.6. The monoisotopic (exact) mass is 657 g/mol. The van der Waals surface area contributed by atoms with E-state index in [0.717, 1.165) is 5.56 Å². The smallest absolute Gasteiger partial charge is 0.326 e. The summed E-state index contributed by atoms with van der Waals surface area (Å²) in [6.07, 6.45) is 2.81. The minimum Gasteiger partial charge on any atom is -0.481 e. The Morgan fingerprint density at radius 2 is 1.43 bits per heavy atom. The van der Waals surface area contributed by atoms with Gasteiger partial charge in [-0.25, -0.2) is 9.78 Å². The number of benzene rings is 1. The van der Waals surface area contributed by atoms with Gasteiger partial charge in [-0.1, -0.05) is 64.4 Å². The fourth-order valence-corrected chi connectivity index (χ4v) is 4.79. The third-order valence-corrected chi connectivity index (χ3v) is 7.64. The van der Waals surface area contributed by atoms with Gasteiger partial charge >= 0.3 is 11.9 Å².